The molecule has 0 spiro atoms. The number of amides is 2. The first kappa shape index (κ1) is 24.4. The van der Waals surface area contributed by atoms with Crippen molar-refractivity contribution in [3.05, 3.63) is 66.2 Å². The molecular formula is C26H36N2O3. The third kappa shape index (κ3) is 8.83. The summed E-state index contributed by atoms with van der Waals surface area (Å²) in [5, 5.41) is 3.00. The van der Waals surface area contributed by atoms with Gasteiger partial charge in [-0.2, -0.15) is 0 Å². The van der Waals surface area contributed by atoms with Gasteiger partial charge in [0.25, 0.3) is 0 Å². The topological polar surface area (TPSA) is 58.6 Å². The maximum absolute atomic E-state index is 13.1. The van der Waals surface area contributed by atoms with Gasteiger partial charge in [0.15, 0.2) is 0 Å². The van der Waals surface area contributed by atoms with Crippen LogP contribution in [0.4, 0.5) is 0 Å². The van der Waals surface area contributed by atoms with Crippen LogP contribution in [0.25, 0.3) is 0 Å². The van der Waals surface area contributed by atoms with Crippen LogP contribution in [0.2, 0.25) is 0 Å². The smallest absolute Gasteiger partial charge is 0.242 e. The number of ether oxygens (including phenoxy) is 1. The molecular weight excluding hydrogens is 388 g/mol. The van der Waals surface area contributed by atoms with Gasteiger partial charge in [0, 0.05) is 19.5 Å². The van der Waals surface area contributed by atoms with Gasteiger partial charge in [-0.05, 0) is 43.4 Å². The third-order valence-corrected chi connectivity index (χ3v) is 5.25. The molecule has 0 bridgehead atoms. The fraction of sp³-hybridized carbons (Fsp3) is 0.462. The molecule has 0 aromatic heterocycles. The first-order valence-electron chi connectivity index (χ1n) is 11.4. The zero-order valence-electron chi connectivity index (χ0n) is 18.9. The molecule has 1 atom stereocenters. The van der Waals surface area contributed by atoms with Crippen LogP contribution in [0.15, 0.2) is 60.7 Å². The molecule has 2 amide bonds. The van der Waals surface area contributed by atoms with E-state index in [-0.39, 0.29) is 11.8 Å². The predicted molar refractivity (Wildman–Crippen MR) is 125 cm³/mol. The molecule has 2 aromatic rings. The molecule has 168 valence electrons. The summed E-state index contributed by atoms with van der Waals surface area (Å²) in [4.78, 5) is 27.7. The van der Waals surface area contributed by atoms with E-state index < -0.39 is 6.04 Å². The van der Waals surface area contributed by atoms with Crippen molar-refractivity contribution in [2.45, 2.75) is 58.4 Å². The van der Waals surface area contributed by atoms with Gasteiger partial charge in [-0.1, -0.05) is 68.8 Å². The molecule has 5 heteroatoms. The summed E-state index contributed by atoms with van der Waals surface area (Å²) in [6, 6.07) is 19.2. The van der Waals surface area contributed by atoms with Crippen molar-refractivity contribution < 1.29 is 14.3 Å². The van der Waals surface area contributed by atoms with Crippen LogP contribution in [0.5, 0.6) is 5.75 Å². The first-order valence-corrected chi connectivity index (χ1v) is 11.4. The van der Waals surface area contributed by atoms with E-state index in [4.69, 9.17) is 4.74 Å². The second-order valence-corrected chi connectivity index (χ2v) is 7.66. The lowest BCUT2D eigenvalue weighted by Gasteiger charge is -2.30. The molecule has 0 heterocycles. The summed E-state index contributed by atoms with van der Waals surface area (Å²) >= 11 is 0. The highest BCUT2D eigenvalue weighted by Crippen LogP contribution is 2.13. The third-order valence-electron chi connectivity index (χ3n) is 5.25. The molecule has 0 radical (unpaired) electrons. The Morgan fingerprint density at radius 2 is 1.65 bits per heavy atom. The second-order valence-electron chi connectivity index (χ2n) is 7.66. The molecule has 0 aliphatic carbocycles. The van der Waals surface area contributed by atoms with Gasteiger partial charge in [0.1, 0.15) is 11.8 Å². The van der Waals surface area contributed by atoms with Gasteiger partial charge >= 0.3 is 0 Å². The Balaban J connectivity index is 1.96. The van der Waals surface area contributed by atoms with E-state index in [1.165, 1.54) is 0 Å². The Morgan fingerprint density at radius 1 is 0.968 bits per heavy atom. The number of nitrogens with zero attached hydrogens (tertiary/aromatic N) is 1. The molecule has 0 saturated heterocycles. The normalized spacial score (nSPS) is 11.5. The SMILES string of the molecule is CCCCNC(=O)C(CC)N(CCc1ccccc1)C(=O)CCCOc1ccccc1. The van der Waals surface area contributed by atoms with E-state index in [0.717, 1.165) is 30.6 Å². The van der Waals surface area contributed by atoms with Crippen molar-refractivity contribution in [1.82, 2.24) is 10.2 Å². The quantitative estimate of drug-likeness (QED) is 0.451. The van der Waals surface area contributed by atoms with Crippen molar-refractivity contribution >= 4 is 11.8 Å². The molecule has 0 aliphatic rings. The maximum Gasteiger partial charge on any atom is 0.242 e. The summed E-state index contributed by atoms with van der Waals surface area (Å²) in [6.07, 6.45) is 4.26. The molecule has 0 aliphatic heterocycles. The van der Waals surface area contributed by atoms with Crippen LogP contribution in [-0.4, -0.2) is 42.5 Å². The minimum atomic E-state index is -0.442. The van der Waals surface area contributed by atoms with Crippen LogP contribution in [0, 0.1) is 0 Å². The molecule has 1 N–H and O–H groups in total. The van der Waals surface area contributed by atoms with Gasteiger partial charge in [-0.3, -0.25) is 9.59 Å². The zero-order valence-corrected chi connectivity index (χ0v) is 18.9. The van der Waals surface area contributed by atoms with Crippen LogP contribution in [0.3, 0.4) is 0 Å². The van der Waals surface area contributed by atoms with Gasteiger partial charge in [-0.15, -0.1) is 0 Å². The highest BCUT2D eigenvalue weighted by atomic mass is 16.5. The number of hydrogen-bond acceptors (Lipinski definition) is 3. The number of carbonyl (C=O) groups is 2. The number of carbonyl (C=O) groups excluding carboxylic acids is 2. The lowest BCUT2D eigenvalue weighted by Crippen LogP contribution is -2.50. The number of nitrogens with one attached hydrogen (secondary N) is 1. The van der Waals surface area contributed by atoms with Gasteiger partial charge < -0.3 is 15.0 Å². The fourth-order valence-corrected chi connectivity index (χ4v) is 3.48. The van der Waals surface area contributed by atoms with Crippen molar-refractivity contribution in [3.8, 4) is 5.75 Å². The summed E-state index contributed by atoms with van der Waals surface area (Å²) < 4.78 is 5.72. The number of rotatable bonds is 14. The average molecular weight is 425 g/mol. The number of para-hydroxylation sites is 1. The van der Waals surface area contributed by atoms with Crippen molar-refractivity contribution in [2.75, 3.05) is 19.7 Å². The highest BCUT2D eigenvalue weighted by molar-refractivity contribution is 5.87. The van der Waals surface area contributed by atoms with Gasteiger partial charge in [0.05, 0.1) is 6.61 Å². The van der Waals surface area contributed by atoms with Crippen LogP contribution in [-0.2, 0) is 16.0 Å². The molecule has 0 saturated carbocycles. The van der Waals surface area contributed by atoms with Crippen molar-refractivity contribution in [1.29, 1.82) is 0 Å². The molecule has 1 unspecified atom stereocenters. The minimum absolute atomic E-state index is 0.00471. The Hall–Kier alpha value is -2.82. The summed E-state index contributed by atoms with van der Waals surface area (Å²) in [5.74, 6) is 0.751. The molecule has 0 fully saturated rings. The summed E-state index contributed by atoms with van der Waals surface area (Å²) in [6.45, 7) is 5.71. The standard InChI is InChI=1S/C26H36N2O3/c1-3-5-19-27-26(30)24(4-2)28(20-18-22-13-8-6-9-14-22)25(29)17-12-21-31-23-15-10-7-11-16-23/h6-11,13-16,24H,3-5,12,17-21H2,1-2H3,(H,27,30). The maximum atomic E-state index is 13.1. The van der Waals surface area contributed by atoms with E-state index in [9.17, 15) is 9.59 Å². The first-order chi connectivity index (χ1) is 15.2. The van der Waals surface area contributed by atoms with Crippen LogP contribution >= 0.6 is 0 Å². The highest BCUT2D eigenvalue weighted by Gasteiger charge is 2.27. The predicted octanol–water partition coefficient (Wildman–Crippen LogP) is 4.61. The Kier molecular flexibility index (Phi) is 11.2. The Bertz CT molecular complexity index is 765. The average Bonchev–Trinajstić information content (AvgIpc) is 2.80. The van der Waals surface area contributed by atoms with Crippen molar-refractivity contribution in [2.24, 2.45) is 0 Å². The van der Waals surface area contributed by atoms with Crippen LogP contribution < -0.4 is 10.1 Å². The zero-order chi connectivity index (χ0) is 22.3. The lowest BCUT2D eigenvalue weighted by molar-refractivity contribution is -0.140. The van der Waals surface area contributed by atoms with Crippen LogP contribution in [0.1, 0.15) is 51.5 Å². The number of hydrogen-bond donors (Lipinski definition) is 1. The van der Waals surface area contributed by atoms with E-state index in [1.807, 2.05) is 55.5 Å². The van der Waals surface area contributed by atoms with Crippen molar-refractivity contribution in [3.63, 3.8) is 0 Å². The number of unbranched alkanes of at least 4 members (excludes halogenated alkanes) is 1. The van der Waals surface area contributed by atoms with E-state index in [0.29, 0.717) is 39.0 Å². The number of benzene rings is 2. The Labute approximate surface area is 186 Å². The minimum Gasteiger partial charge on any atom is -0.494 e. The fourth-order valence-electron chi connectivity index (χ4n) is 3.48. The molecule has 2 rings (SSSR count). The lowest BCUT2D eigenvalue weighted by atomic mass is 10.1. The molecule has 5 nitrogen and oxygen atoms in total. The van der Waals surface area contributed by atoms with E-state index in [1.54, 1.807) is 4.90 Å². The van der Waals surface area contributed by atoms with Gasteiger partial charge in [-0.25, -0.2) is 0 Å². The summed E-state index contributed by atoms with van der Waals surface area (Å²) in [5.41, 5.74) is 1.16. The van der Waals surface area contributed by atoms with E-state index in [2.05, 4.69) is 24.4 Å². The Morgan fingerprint density at radius 3 is 2.29 bits per heavy atom. The second kappa shape index (κ2) is 14.2. The largest absolute Gasteiger partial charge is 0.494 e. The monoisotopic (exact) mass is 424 g/mol. The molecule has 2 aromatic carbocycles. The molecule has 31 heavy (non-hydrogen) atoms. The van der Waals surface area contributed by atoms with Gasteiger partial charge in [0.2, 0.25) is 11.8 Å². The summed E-state index contributed by atoms with van der Waals surface area (Å²) in [7, 11) is 0. The van der Waals surface area contributed by atoms with E-state index >= 15 is 0 Å².